The lowest BCUT2D eigenvalue weighted by molar-refractivity contribution is 0.0751. The molecule has 0 saturated carbocycles. The van der Waals surface area contributed by atoms with Crippen LogP contribution in [0.15, 0.2) is 70.2 Å². The molecule has 7 nitrogen and oxygen atoms in total. The first-order valence-electron chi connectivity index (χ1n) is 9.16. The Balaban J connectivity index is 1.79. The fraction of sp³-hybridized carbons (Fsp3) is 0.227. The van der Waals surface area contributed by atoms with Gasteiger partial charge >= 0.3 is 0 Å². The average molecular weight is 429 g/mol. The molecule has 3 aromatic rings. The molecule has 0 saturated heterocycles. The summed E-state index contributed by atoms with van der Waals surface area (Å²) in [7, 11) is 1.11. The predicted molar refractivity (Wildman–Crippen MR) is 111 cm³/mol. The molecule has 1 amide bonds. The summed E-state index contributed by atoms with van der Waals surface area (Å²) < 4.78 is 41.3. The predicted octanol–water partition coefficient (Wildman–Crippen LogP) is 3.54. The van der Waals surface area contributed by atoms with Crippen LogP contribution in [0.3, 0.4) is 0 Å². The van der Waals surface area contributed by atoms with Gasteiger partial charge in [-0.1, -0.05) is 18.2 Å². The van der Waals surface area contributed by atoms with E-state index in [-0.39, 0.29) is 23.0 Å². The Morgan fingerprint density at radius 2 is 1.73 bits per heavy atom. The number of carbonyl (C=O) groups is 1. The summed E-state index contributed by atoms with van der Waals surface area (Å²) in [4.78, 5) is 14.6. The molecule has 0 aliphatic rings. The Bertz CT molecular complexity index is 1120. The summed E-state index contributed by atoms with van der Waals surface area (Å²) in [6.45, 7) is 0.248. The van der Waals surface area contributed by atoms with Crippen LogP contribution in [-0.4, -0.2) is 40.5 Å². The standard InChI is InChI=1S/C22H23NO6S/c1-23(14-16-9-10-18(27-2)13-20(16)28-3)22(24)21-17(11-12-29-21)15-30(25,26)19-7-5-4-6-8-19/h4-13H,14-15H2,1-3H3. The summed E-state index contributed by atoms with van der Waals surface area (Å²) in [6.07, 6.45) is 1.32. The minimum Gasteiger partial charge on any atom is -0.497 e. The van der Waals surface area contributed by atoms with E-state index in [1.165, 1.54) is 29.4 Å². The number of carbonyl (C=O) groups excluding carboxylic acids is 1. The monoisotopic (exact) mass is 429 g/mol. The second-order valence-corrected chi connectivity index (χ2v) is 8.68. The van der Waals surface area contributed by atoms with Crippen molar-refractivity contribution in [3.8, 4) is 11.5 Å². The lowest BCUT2D eigenvalue weighted by Gasteiger charge is -2.19. The third kappa shape index (κ3) is 4.65. The fourth-order valence-electron chi connectivity index (χ4n) is 3.04. The Hall–Kier alpha value is -3.26. The zero-order valence-electron chi connectivity index (χ0n) is 17.0. The van der Waals surface area contributed by atoms with Crippen LogP contribution >= 0.6 is 0 Å². The van der Waals surface area contributed by atoms with E-state index in [4.69, 9.17) is 13.9 Å². The van der Waals surface area contributed by atoms with Crippen LogP contribution in [-0.2, 0) is 22.1 Å². The second-order valence-electron chi connectivity index (χ2n) is 6.69. The molecule has 1 heterocycles. The third-order valence-corrected chi connectivity index (χ3v) is 6.32. The number of hydrogen-bond donors (Lipinski definition) is 0. The van der Waals surface area contributed by atoms with Crippen molar-refractivity contribution in [3.63, 3.8) is 0 Å². The largest absolute Gasteiger partial charge is 0.497 e. The van der Waals surface area contributed by atoms with Crippen molar-refractivity contribution >= 4 is 15.7 Å². The molecule has 3 rings (SSSR count). The molecule has 0 unspecified atom stereocenters. The van der Waals surface area contributed by atoms with Crippen molar-refractivity contribution in [1.29, 1.82) is 0 Å². The van der Waals surface area contributed by atoms with Crippen molar-refractivity contribution in [2.45, 2.75) is 17.2 Å². The van der Waals surface area contributed by atoms with E-state index in [0.717, 1.165) is 5.56 Å². The zero-order valence-corrected chi connectivity index (χ0v) is 17.8. The summed E-state index contributed by atoms with van der Waals surface area (Å²) in [5, 5.41) is 0. The molecule has 158 valence electrons. The van der Waals surface area contributed by atoms with Gasteiger partial charge in [0.05, 0.1) is 31.1 Å². The van der Waals surface area contributed by atoms with Crippen LogP contribution in [0, 0.1) is 0 Å². The second kappa shape index (κ2) is 9.04. The molecule has 0 fully saturated rings. The van der Waals surface area contributed by atoms with Crippen LogP contribution in [0.1, 0.15) is 21.7 Å². The van der Waals surface area contributed by atoms with E-state index in [9.17, 15) is 13.2 Å². The normalized spacial score (nSPS) is 11.2. The van der Waals surface area contributed by atoms with Crippen LogP contribution in [0.25, 0.3) is 0 Å². The Morgan fingerprint density at radius 1 is 1.00 bits per heavy atom. The molecule has 0 radical (unpaired) electrons. The van der Waals surface area contributed by atoms with E-state index in [0.29, 0.717) is 17.1 Å². The van der Waals surface area contributed by atoms with E-state index in [2.05, 4.69) is 0 Å². The van der Waals surface area contributed by atoms with Gasteiger partial charge in [-0.15, -0.1) is 0 Å². The Morgan fingerprint density at radius 3 is 2.40 bits per heavy atom. The fourth-order valence-corrected chi connectivity index (χ4v) is 4.41. The number of amides is 1. The maximum Gasteiger partial charge on any atom is 0.289 e. The van der Waals surface area contributed by atoms with E-state index in [1.807, 2.05) is 6.07 Å². The lowest BCUT2D eigenvalue weighted by Crippen LogP contribution is -2.27. The molecule has 0 bridgehead atoms. The van der Waals surface area contributed by atoms with Gasteiger partial charge in [0.15, 0.2) is 15.6 Å². The number of ether oxygens (including phenoxy) is 2. The highest BCUT2D eigenvalue weighted by molar-refractivity contribution is 7.90. The van der Waals surface area contributed by atoms with E-state index >= 15 is 0 Å². The van der Waals surface area contributed by atoms with Gasteiger partial charge in [-0.25, -0.2) is 8.42 Å². The first-order valence-corrected chi connectivity index (χ1v) is 10.8. The number of nitrogens with zero attached hydrogens (tertiary/aromatic N) is 1. The smallest absolute Gasteiger partial charge is 0.289 e. The SMILES string of the molecule is COc1ccc(CN(C)C(=O)c2occc2CS(=O)(=O)c2ccccc2)c(OC)c1. The molecule has 1 aromatic heterocycles. The molecule has 2 aromatic carbocycles. The number of benzene rings is 2. The molecular weight excluding hydrogens is 406 g/mol. The quantitative estimate of drug-likeness (QED) is 0.544. The number of hydrogen-bond acceptors (Lipinski definition) is 6. The zero-order chi connectivity index (χ0) is 21.7. The van der Waals surface area contributed by atoms with E-state index < -0.39 is 15.7 Å². The maximum absolute atomic E-state index is 12.9. The molecule has 0 aliphatic heterocycles. The highest BCUT2D eigenvalue weighted by atomic mass is 32.2. The van der Waals surface area contributed by atoms with Gasteiger partial charge in [-0.3, -0.25) is 4.79 Å². The van der Waals surface area contributed by atoms with Gasteiger partial charge in [0.25, 0.3) is 5.91 Å². The molecule has 0 atom stereocenters. The van der Waals surface area contributed by atoms with Crippen LogP contribution in [0.5, 0.6) is 11.5 Å². The maximum atomic E-state index is 12.9. The topological polar surface area (TPSA) is 86.0 Å². The molecule has 8 heteroatoms. The minimum absolute atomic E-state index is 0.00415. The van der Waals surface area contributed by atoms with Crippen LogP contribution in [0.2, 0.25) is 0 Å². The number of methoxy groups -OCH3 is 2. The van der Waals surface area contributed by atoms with Crippen molar-refractivity contribution in [3.05, 3.63) is 77.7 Å². The van der Waals surface area contributed by atoms with Gasteiger partial charge in [0, 0.05) is 30.8 Å². The van der Waals surface area contributed by atoms with Gasteiger partial charge in [-0.05, 0) is 30.3 Å². The molecule has 0 N–H and O–H groups in total. The van der Waals surface area contributed by atoms with Gasteiger partial charge in [0.2, 0.25) is 0 Å². The molecule has 0 aliphatic carbocycles. The summed E-state index contributed by atoms with van der Waals surface area (Å²) in [5.74, 6) is 0.485. The Kier molecular flexibility index (Phi) is 6.47. The molecular formula is C22H23NO6S. The first-order chi connectivity index (χ1) is 14.4. The van der Waals surface area contributed by atoms with Gasteiger partial charge < -0.3 is 18.8 Å². The highest BCUT2D eigenvalue weighted by Gasteiger charge is 2.25. The summed E-state index contributed by atoms with van der Waals surface area (Å²) >= 11 is 0. The Labute approximate surface area is 175 Å². The van der Waals surface area contributed by atoms with Crippen LogP contribution in [0.4, 0.5) is 0 Å². The number of rotatable bonds is 8. The minimum atomic E-state index is -3.61. The lowest BCUT2D eigenvalue weighted by atomic mass is 10.1. The summed E-state index contributed by atoms with van der Waals surface area (Å²) in [6, 6.07) is 14.9. The van der Waals surface area contributed by atoms with Gasteiger partial charge in [0.1, 0.15) is 11.5 Å². The first kappa shape index (κ1) is 21.4. The third-order valence-electron chi connectivity index (χ3n) is 4.64. The number of furan rings is 1. The average Bonchev–Trinajstić information content (AvgIpc) is 3.21. The van der Waals surface area contributed by atoms with Crippen molar-refractivity contribution in [2.24, 2.45) is 0 Å². The van der Waals surface area contributed by atoms with Gasteiger partial charge in [-0.2, -0.15) is 0 Å². The molecule has 0 spiro atoms. The van der Waals surface area contributed by atoms with Crippen LogP contribution < -0.4 is 9.47 Å². The van der Waals surface area contributed by atoms with Crippen molar-refractivity contribution < 1.29 is 27.1 Å². The molecule has 30 heavy (non-hydrogen) atoms. The highest BCUT2D eigenvalue weighted by Crippen LogP contribution is 2.27. The summed E-state index contributed by atoms with van der Waals surface area (Å²) in [5.41, 5.74) is 1.09. The number of sulfone groups is 1. The van der Waals surface area contributed by atoms with E-state index in [1.54, 1.807) is 51.6 Å². The van der Waals surface area contributed by atoms with Crippen molar-refractivity contribution in [1.82, 2.24) is 4.90 Å². The van der Waals surface area contributed by atoms with Crippen molar-refractivity contribution in [2.75, 3.05) is 21.3 Å².